The van der Waals surface area contributed by atoms with Crippen LogP contribution in [0.25, 0.3) is 0 Å². The van der Waals surface area contributed by atoms with Crippen molar-refractivity contribution in [2.45, 2.75) is 71.1 Å². The van der Waals surface area contributed by atoms with E-state index in [-0.39, 0.29) is 12.3 Å². The summed E-state index contributed by atoms with van der Waals surface area (Å²) in [5.74, 6) is -1.31. The Labute approximate surface area is 146 Å². The number of thioether (sulfide) groups is 1. The minimum Gasteiger partial charge on any atom is -0.366 e. The van der Waals surface area contributed by atoms with Gasteiger partial charge in [0, 0.05) is 19.6 Å². The van der Waals surface area contributed by atoms with Crippen LogP contribution in [0.4, 0.5) is 13.2 Å². The molecular formula is C16H28F3NO3S. The number of amides is 1. The van der Waals surface area contributed by atoms with Gasteiger partial charge >= 0.3 is 6.18 Å². The summed E-state index contributed by atoms with van der Waals surface area (Å²) in [6.07, 6.45) is -0.411. The van der Waals surface area contributed by atoms with Gasteiger partial charge in [0.2, 0.25) is 0 Å². The molecule has 0 saturated heterocycles. The highest BCUT2D eigenvalue weighted by atomic mass is 32.2. The van der Waals surface area contributed by atoms with Crippen molar-refractivity contribution in [3.05, 3.63) is 0 Å². The van der Waals surface area contributed by atoms with E-state index in [0.717, 1.165) is 12.8 Å². The lowest BCUT2D eigenvalue weighted by molar-refractivity contribution is -0.142. The lowest BCUT2D eigenvalue weighted by atomic mass is 10.1. The van der Waals surface area contributed by atoms with Crippen LogP contribution in [0.1, 0.15) is 59.3 Å². The van der Waals surface area contributed by atoms with Crippen molar-refractivity contribution in [2.24, 2.45) is 0 Å². The van der Waals surface area contributed by atoms with Crippen LogP contribution >= 0.6 is 11.8 Å². The Morgan fingerprint density at radius 3 is 2.33 bits per heavy atom. The van der Waals surface area contributed by atoms with Gasteiger partial charge in [0.25, 0.3) is 5.91 Å². The van der Waals surface area contributed by atoms with Crippen LogP contribution in [0.2, 0.25) is 0 Å². The smallest absolute Gasteiger partial charge is 0.366 e. The molecule has 142 valence electrons. The van der Waals surface area contributed by atoms with Crippen LogP contribution in [-0.4, -0.2) is 41.7 Å². The Morgan fingerprint density at radius 2 is 1.75 bits per heavy atom. The summed E-state index contributed by atoms with van der Waals surface area (Å²) in [5, 5.41) is 2.34. The number of carbonyl (C=O) groups is 2. The standard InChI is InChI=1S/C16H28F3NO3S/c1-4-5-11-23-15(2,3)14(22)20-10-8-6-7-9-13(21)24-12-16(17,18)19/h4-12H2,1-3H3,(H,20,22). The SMILES string of the molecule is CCCCOC(C)(C)C(=O)NCCCCCC(=O)SCC(F)(F)F. The van der Waals surface area contributed by atoms with Gasteiger partial charge in [-0.1, -0.05) is 31.5 Å². The first kappa shape index (κ1) is 23.2. The van der Waals surface area contributed by atoms with E-state index in [1.54, 1.807) is 13.8 Å². The van der Waals surface area contributed by atoms with Gasteiger partial charge in [0.05, 0.1) is 5.75 Å². The predicted octanol–water partition coefficient (Wildman–Crippen LogP) is 4.08. The topological polar surface area (TPSA) is 55.4 Å². The van der Waals surface area contributed by atoms with Crippen molar-refractivity contribution in [1.29, 1.82) is 0 Å². The third-order valence-electron chi connectivity index (χ3n) is 3.25. The van der Waals surface area contributed by atoms with Crippen LogP contribution < -0.4 is 5.32 Å². The average Bonchev–Trinajstić information content (AvgIpc) is 2.47. The second-order valence-corrected chi connectivity index (χ2v) is 7.09. The van der Waals surface area contributed by atoms with Crippen LogP contribution in [0.3, 0.4) is 0 Å². The number of carbonyl (C=O) groups excluding carboxylic acids is 2. The molecule has 0 bridgehead atoms. The summed E-state index contributed by atoms with van der Waals surface area (Å²) in [7, 11) is 0. The second-order valence-electron chi connectivity index (χ2n) is 6.05. The number of hydrogen-bond acceptors (Lipinski definition) is 4. The minimum atomic E-state index is -4.31. The Bertz CT molecular complexity index is 387. The van der Waals surface area contributed by atoms with Crippen LogP contribution in [0.15, 0.2) is 0 Å². The lowest BCUT2D eigenvalue weighted by Crippen LogP contribution is -2.44. The molecule has 1 N–H and O–H groups in total. The van der Waals surface area contributed by atoms with Gasteiger partial charge in [0.1, 0.15) is 5.60 Å². The molecule has 0 saturated carbocycles. The van der Waals surface area contributed by atoms with E-state index in [1.165, 1.54) is 0 Å². The van der Waals surface area contributed by atoms with Crippen LogP contribution in [0, 0.1) is 0 Å². The van der Waals surface area contributed by atoms with Crippen molar-refractivity contribution in [3.63, 3.8) is 0 Å². The molecule has 1 amide bonds. The molecule has 0 spiro atoms. The van der Waals surface area contributed by atoms with E-state index in [1.807, 2.05) is 6.92 Å². The summed E-state index contributed by atoms with van der Waals surface area (Å²) in [5.41, 5.74) is -0.876. The molecule has 0 atom stereocenters. The molecule has 4 nitrogen and oxygen atoms in total. The first-order valence-corrected chi connectivity index (χ1v) is 9.21. The Kier molecular flexibility index (Phi) is 11.4. The van der Waals surface area contributed by atoms with E-state index in [2.05, 4.69) is 5.32 Å². The third-order valence-corrected chi connectivity index (χ3v) is 4.25. The zero-order valence-corrected chi connectivity index (χ0v) is 15.4. The highest BCUT2D eigenvalue weighted by molar-refractivity contribution is 8.13. The molecule has 0 unspecified atom stereocenters. The van der Waals surface area contributed by atoms with Gasteiger partial charge in [-0.2, -0.15) is 13.2 Å². The number of nitrogens with one attached hydrogen (secondary N) is 1. The van der Waals surface area contributed by atoms with Gasteiger partial charge in [-0.15, -0.1) is 0 Å². The monoisotopic (exact) mass is 371 g/mol. The van der Waals surface area contributed by atoms with Crippen molar-refractivity contribution in [1.82, 2.24) is 5.32 Å². The maximum atomic E-state index is 12.0. The van der Waals surface area contributed by atoms with E-state index in [0.29, 0.717) is 44.2 Å². The summed E-state index contributed by atoms with van der Waals surface area (Å²) in [4.78, 5) is 23.2. The van der Waals surface area contributed by atoms with E-state index >= 15 is 0 Å². The van der Waals surface area contributed by atoms with E-state index in [9.17, 15) is 22.8 Å². The summed E-state index contributed by atoms with van der Waals surface area (Å²) in [6, 6.07) is 0. The maximum absolute atomic E-state index is 12.0. The van der Waals surface area contributed by atoms with Crippen LogP contribution in [-0.2, 0) is 14.3 Å². The van der Waals surface area contributed by atoms with Gasteiger partial charge in [-0.05, 0) is 33.1 Å². The fourth-order valence-corrected chi connectivity index (χ4v) is 2.37. The van der Waals surface area contributed by atoms with Crippen molar-refractivity contribution in [3.8, 4) is 0 Å². The number of halogens is 3. The maximum Gasteiger partial charge on any atom is 0.398 e. The van der Waals surface area contributed by atoms with Gasteiger partial charge in [-0.3, -0.25) is 9.59 Å². The summed E-state index contributed by atoms with van der Waals surface area (Å²) < 4.78 is 41.4. The molecule has 0 radical (unpaired) electrons. The first-order valence-electron chi connectivity index (χ1n) is 8.23. The molecule has 0 aliphatic heterocycles. The van der Waals surface area contributed by atoms with Gasteiger partial charge in [0.15, 0.2) is 5.12 Å². The van der Waals surface area contributed by atoms with Gasteiger partial charge < -0.3 is 10.1 Å². The van der Waals surface area contributed by atoms with Crippen molar-refractivity contribution >= 4 is 22.8 Å². The molecular weight excluding hydrogens is 343 g/mol. The average molecular weight is 371 g/mol. The van der Waals surface area contributed by atoms with Crippen molar-refractivity contribution in [2.75, 3.05) is 18.9 Å². The minimum absolute atomic E-state index is 0.125. The predicted molar refractivity (Wildman–Crippen MR) is 89.9 cm³/mol. The molecule has 0 aliphatic carbocycles. The molecule has 0 aromatic heterocycles. The van der Waals surface area contributed by atoms with Crippen molar-refractivity contribution < 1.29 is 27.5 Å². The lowest BCUT2D eigenvalue weighted by Gasteiger charge is -2.24. The van der Waals surface area contributed by atoms with Crippen LogP contribution in [0.5, 0.6) is 0 Å². The number of unbranched alkanes of at least 4 members (excludes halogenated alkanes) is 3. The zero-order valence-electron chi connectivity index (χ0n) is 14.6. The number of ether oxygens (including phenoxy) is 1. The Hall–Kier alpha value is -0.760. The van der Waals surface area contributed by atoms with Gasteiger partial charge in [-0.25, -0.2) is 0 Å². The Balaban J connectivity index is 3.71. The highest BCUT2D eigenvalue weighted by Crippen LogP contribution is 2.22. The quantitative estimate of drug-likeness (QED) is 0.525. The molecule has 0 aromatic rings. The molecule has 0 aromatic carbocycles. The highest BCUT2D eigenvalue weighted by Gasteiger charge is 2.29. The summed E-state index contributed by atoms with van der Waals surface area (Å²) in [6.45, 7) is 6.48. The molecule has 8 heteroatoms. The normalized spacial score (nSPS) is 12.2. The third kappa shape index (κ3) is 12.6. The zero-order chi connectivity index (χ0) is 18.6. The van der Waals surface area contributed by atoms with E-state index in [4.69, 9.17) is 4.74 Å². The number of rotatable bonds is 12. The summed E-state index contributed by atoms with van der Waals surface area (Å²) >= 11 is 0.315. The Morgan fingerprint density at radius 1 is 1.08 bits per heavy atom. The molecule has 0 rings (SSSR count). The molecule has 0 heterocycles. The fourth-order valence-electron chi connectivity index (χ4n) is 1.76. The molecule has 0 aliphatic rings. The fraction of sp³-hybridized carbons (Fsp3) is 0.875. The molecule has 0 fully saturated rings. The largest absolute Gasteiger partial charge is 0.398 e. The number of hydrogen-bond donors (Lipinski definition) is 1. The van der Waals surface area contributed by atoms with E-state index < -0.39 is 22.6 Å². The first-order chi connectivity index (χ1) is 11.1. The number of alkyl halides is 3. The second kappa shape index (κ2) is 11.7. The molecule has 24 heavy (non-hydrogen) atoms.